The topological polar surface area (TPSA) is 67.9 Å². The second kappa shape index (κ2) is 9.68. The Morgan fingerprint density at radius 2 is 1.81 bits per heavy atom. The van der Waals surface area contributed by atoms with Crippen molar-refractivity contribution in [3.63, 3.8) is 0 Å². The lowest BCUT2D eigenvalue weighted by atomic mass is 9.80. The van der Waals surface area contributed by atoms with Crippen LogP contribution in [0.25, 0.3) is 15.7 Å². The summed E-state index contributed by atoms with van der Waals surface area (Å²) in [5.74, 6) is -0.278. The highest BCUT2D eigenvalue weighted by molar-refractivity contribution is 6.45. The van der Waals surface area contributed by atoms with Gasteiger partial charge in [-0.15, -0.1) is 0 Å². The van der Waals surface area contributed by atoms with Crippen LogP contribution in [0.5, 0.6) is 0 Å². The van der Waals surface area contributed by atoms with Crippen LogP contribution in [-0.2, 0) is 17.3 Å². The van der Waals surface area contributed by atoms with E-state index in [9.17, 15) is 9.59 Å². The number of likely N-dealkylation sites (tertiary alicyclic amines) is 1. The first-order valence-corrected chi connectivity index (χ1v) is 12.4. The second-order valence-corrected chi connectivity index (χ2v) is 10.8. The van der Waals surface area contributed by atoms with E-state index in [1.807, 2.05) is 39.0 Å². The molecule has 36 heavy (non-hydrogen) atoms. The number of carbonyl (C=O) groups is 2. The number of carbonyl (C=O) groups excluding carboxylic acids is 2. The fourth-order valence-electron chi connectivity index (χ4n) is 4.60. The molecule has 1 aliphatic rings. The SMILES string of the molecule is [C-]#[N+]c1cccc(C2(NC(=O)c3cc4c(Cl)c(Cl)ccc4n3C)CCN(C(=O)OC(C)(C)C)CC2)c1. The van der Waals surface area contributed by atoms with Crippen LogP contribution >= 0.6 is 23.2 Å². The minimum Gasteiger partial charge on any atom is -0.444 e. The molecular weight excluding hydrogens is 499 g/mol. The molecule has 1 aromatic heterocycles. The molecule has 0 unspecified atom stereocenters. The zero-order valence-corrected chi connectivity index (χ0v) is 22.2. The third-order valence-corrected chi connectivity index (χ3v) is 7.31. The first kappa shape index (κ1) is 25.9. The van der Waals surface area contributed by atoms with Gasteiger partial charge in [0, 0.05) is 31.0 Å². The molecular formula is C27H28Cl2N4O3. The Labute approximate surface area is 220 Å². The fraction of sp³-hybridized carbons (Fsp3) is 0.370. The molecule has 4 rings (SSSR count). The number of halogens is 2. The van der Waals surface area contributed by atoms with Crippen LogP contribution in [0.15, 0.2) is 42.5 Å². The van der Waals surface area contributed by atoms with Crippen molar-refractivity contribution in [2.75, 3.05) is 13.1 Å². The summed E-state index contributed by atoms with van der Waals surface area (Å²) in [6.07, 6.45) is 0.559. The van der Waals surface area contributed by atoms with Crippen molar-refractivity contribution in [3.05, 3.63) is 75.2 Å². The Balaban J connectivity index is 1.67. The Bertz CT molecular complexity index is 1380. The Kier molecular flexibility index (Phi) is 6.96. The number of hydrogen-bond acceptors (Lipinski definition) is 3. The van der Waals surface area contributed by atoms with Crippen LogP contribution in [-0.4, -0.2) is 40.2 Å². The number of ether oxygens (including phenoxy) is 1. The maximum atomic E-state index is 13.7. The van der Waals surface area contributed by atoms with Crippen molar-refractivity contribution >= 4 is 51.8 Å². The third-order valence-electron chi connectivity index (χ3n) is 6.50. The Morgan fingerprint density at radius 1 is 1.11 bits per heavy atom. The summed E-state index contributed by atoms with van der Waals surface area (Å²) < 4.78 is 7.33. The average Bonchev–Trinajstić information content (AvgIpc) is 3.18. The summed E-state index contributed by atoms with van der Waals surface area (Å²) >= 11 is 12.6. The average molecular weight is 527 g/mol. The summed E-state index contributed by atoms with van der Waals surface area (Å²) in [6, 6.07) is 12.5. The lowest BCUT2D eigenvalue weighted by molar-refractivity contribution is 0.0145. The maximum absolute atomic E-state index is 13.7. The molecule has 0 aliphatic carbocycles. The Morgan fingerprint density at radius 3 is 2.44 bits per heavy atom. The van der Waals surface area contributed by atoms with E-state index in [4.69, 9.17) is 34.5 Å². The molecule has 1 N–H and O–H groups in total. The lowest BCUT2D eigenvalue weighted by Gasteiger charge is -2.43. The molecule has 0 radical (unpaired) electrons. The normalized spacial score (nSPS) is 15.4. The molecule has 1 saturated heterocycles. The molecule has 7 nitrogen and oxygen atoms in total. The molecule has 188 valence electrons. The highest BCUT2D eigenvalue weighted by atomic mass is 35.5. The molecule has 1 fully saturated rings. The standard InChI is InChI=1S/C27H28Cl2N4O3/c1-26(2,3)36-25(35)33-13-11-27(12-14-33,17-7-6-8-18(15-17)30-4)31-24(34)22-16-19-21(32(22)5)10-9-20(28)23(19)29/h6-10,15-16H,11-14H2,1-3,5H3,(H,31,34). The molecule has 2 amide bonds. The van der Waals surface area contributed by atoms with Gasteiger partial charge in [0.2, 0.25) is 0 Å². The number of aromatic nitrogens is 1. The van der Waals surface area contributed by atoms with Gasteiger partial charge >= 0.3 is 6.09 Å². The number of amides is 2. The predicted molar refractivity (Wildman–Crippen MR) is 142 cm³/mol. The monoisotopic (exact) mass is 526 g/mol. The van der Waals surface area contributed by atoms with E-state index in [0.717, 1.165) is 11.1 Å². The zero-order chi connectivity index (χ0) is 26.3. The largest absolute Gasteiger partial charge is 0.444 e. The van der Waals surface area contributed by atoms with Crippen molar-refractivity contribution in [2.45, 2.75) is 44.8 Å². The van der Waals surface area contributed by atoms with Gasteiger partial charge in [-0.05, 0) is 57.4 Å². The van der Waals surface area contributed by atoms with Crippen LogP contribution in [0.2, 0.25) is 10.0 Å². The second-order valence-electron chi connectivity index (χ2n) is 10.0. The third kappa shape index (κ3) is 5.02. The summed E-state index contributed by atoms with van der Waals surface area (Å²) in [7, 11) is 1.80. The quantitative estimate of drug-likeness (QED) is 0.386. The minimum atomic E-state index is -0.770. The number of nitrogens with one attached hydrogen (secondary N) is 1. The molecule has 0 saturated carbocycles. The lowest BCUT2D eigenvalue weighted by Crippen LogP contribution is -2.54. The van der Waals surface area contributed by atoms with Gasteiger partial charge in [0.15, 0.2) is 5.69 Å². The van der Waals surface area contributed by atoms with Gasteiger partial charge in [0.1, 0.15) is 11.3 Å². The number of aryl methyl sites for hydroxylation is 1. The number of rotatable bonds is 3. The molecule has 9 heteroatoms. The van der Waals surface area contributed by atoms with Crippen molar-refractivity contribution in [1.82, 2.24) is 14.8 Å². The van der Waals surface area contributed by atoms with Crippen molar-refractivity contribution in [2.24, 2.45) is 7.05 Å². The van der Waals surface area contributed by atoms with Gasteiger partial charge in [-0.25, -0.2) is 9.64 Å². The van der Waals surface area contributed by atoms with E-state index in [2.05, 4.69) is 10.2 Å². The zero-order valence-electron chi connectivity index (χ0n) is 20.7. The predicted octanol–water partition coefficient (Wildman–Crippen LogP) is 6.69. The van der Waals surface area contributed by atoms with Crippen molar-refractivity contribution in [1.29, 1.82) is 0 Å². The maximum Gasteiger partial charge on any atom is 0.410 e. The van der Waals surface area contributed by atoms with E-state index in [1.54, 1.807) is 40.8 Å². The van der Waals surface area contributed by atoms with Crippen molar-refractivity contribution in [3.8, 4) is 0 Å². The number of piperidine rings is 1. The molecule has 0 atom stereocenters. The van der Waals surface area contributed by atoms with Gasteiger partial charge in [0.05, 0.1) is 22.2 Å². The number of fused-ring (bicyclic) bond motifs is 1. The fourth-order valence-corrected chi connectivity index (χ4v) is 4.98. The molecule has 2 aromatic carbocycles. The summed E-state index contributed by atoms with van der Waals surface area (Å²) in [4.78, 5) is 31.5. The molecule has 1 aliphatic heterocycles. The van der Waals surface area contributed by atoms with Gasteiger partial charge in [-0.2, -0.15) is 0 Å². The summed E-state index contributed by atoms with van der Waals surface area (Å²) in [5, 5.41) is 4.75. The van der Waals surface area contributed by atoms with E-state index in [1.165, 1.54) is 0 Å². The number of benzene rings is 2. The summed E-state index contributed by atoms with van der Waals surface area (Å²) in [6.45, 7) is 13.7. The molecule has 0 bridgehead atoms. The van der Waals surface area contributed by atoms with Gasteiger partial charge in [-0.1, -0.05) is 47.5 Å². The highest BCUT2D eigenvalue weighted by Crippen LogP contribution is 2.37. The van der Waals surface area contributed by atoms with Crippen molar-refractivity contribution < 1.29 is 14.3 Å². The first-order valence-electron chi connectivity index (χ1n) is 11.7. The first-order chi connectivity index (χ1) is 16.9. The van der Waals surface area contributed by atoms with Crippen LogP contribution < -0.4 is 5.32 Å². The van der Waals surface area contributed by atoms with Gasteiger partial charge in [0.25, 0.3) is 5.91 Å². The van der Waals surface area contributed by atoms with Crippen LogP contribution in [0.4, 0.5) is 10.5 Å². The number of hydrogen-bond donors (Lipinski definition) is 1. The number of nitrogens with zero attached hydrogens (tertiary/aromatic N) is 3. The van der Waals surface area contributed by atoms with E-state index >= 15 is 0 Å². The van der Waals surface area contributed by atoms with E-state index in [-0.39, 0.29) is 12.0 Å². The molecule has 3 aromatic rings. The Hall–Kier alpha value is -3.21. The smallest absolute Gasteiger partial charge is 0.410 e. The minimum absolute atomic E-state index is 0.278. The molecule has 2 heterocycles. The van der Waals surface area contributed by atoms with E-state index in [0.29, 0.717) is 52.7 Å². The highest BCUT2D eigenvalue weighted by Gasteiger charge is 2.40. The van der Waals surface area contributed by atoms with Gasteiger partial charge < -0.3 is 19.5 Å². The van der Waals surface area contributed by atoms with Crippen LogP contribution in [0, 0.1) is 6.57 Å². The van der Waals surface area contributed by atoms with Crippen LogP contribution in [0.3, 0.4) is 0 Å². The van der Waals surface area contributed by atoms with Crippen LogP contribution in [0.1, 0.15) is 49.7 Å². The summed E-state index contributed by atoms with van der Waals surface area (Å²) in [5.41, 5.74) is 1.18. The van der Waals surface area contributed by atoms with Gasteiger partial charge in [-0.3, -0.25) is 4.79 Å². The van der Waals surface area contributed by atoms with E-state index < -0.39 is 11.1 Å². The molecule has 0 spiro atoms.